The van der Waals surface area contributed by atoms with Gasteiger partial charge in [-0.1, -0.05) is 12.2 Å². The minimum Gasteiger partial charge on any atom is -0.475 e. The summed E-state index contributed by atoms with van der Waals surface area (Å²) in [4.78, 5) is 8.90. The van der Waals surface area contributed by atoms with Crippen LogP contribution in [0.3, 0.4) is 0 Å². The first-order valence-corrected chi connectivity index (χ1v) is 4.91. The molecule has 6 heteroatoms. The fourth-order valence-corrected chi connectivity index (χ4v) is 1.31. The molecule has 0 aromatic rings. The van der Waals surface area contributed by atoms with Gasteiger partial charge in [0.25, 0.3) is 0 Å². The minimum absolute atomic E-state index is 0.760. The van der Waals surface area contributed by atoms with Crippen LogP contribution in [0, 0.1) is 0 Å². The van der Waals surface area contributed by atoms with Crippen LogP contribution in [0.4, 0.5) is 13.2 Å². The van der Waals surface area contributed by atoms with Gasteiger partial charge in [0, 0.05) is 6.04 Å². The maximum atomic E-state index is 10.6. The van der Waals surface area contributed by atoms with Gasteiger partial charge in [0.1, 0.15) is 0 Å². The van der Waals surface area contributed by atoms with Crippen LogP contribution in [0.15, 0.2) is 12.2 Å². The summed E-state index contributed by atoms with van der Waals surface area (Å²) in [6, 6.07) is 0.760. The zero-order valence-electron chi connectivity index (χ0n) is 9.10. The van der Waals surface area contributed by atoms with Crippen LogP contribution in [0.1, 0.15) is 25.7 Å². The predicted molar refractivity (Wildman–Crippen MR) is 54.1 cm³/mol. The van der Waals surface area contributed by atoms with E-state index in [4.69, 9.17) is 9.90 Å². The Morgan fingerprint density at radius 1 is 1.44 bits per heavy atom. The van der Waals surface area contributed by atoms with Crippen molar-refractivity contribution in [3.63, 3.8) is 0 Å². The van der Waals surface area contributed by atoms with Crippen molar-refractivity contribution in [2.45, 2.75) is 37.9 Å². The van der Waals surface area contributed by atoms with Crippen LogP contribution in [-0.2, 0) is 4.79 Å². The van der Waals surface area contributed by atoms with E-state index in [0.717, 1.165) is 6.04 Å². The topological polar surface area (TPSA) is 49.3 Å². The number of hydrogen-bond acceptors (Lipinski definition) is 2. The molecule has 0 bridgehead atoms. The molecule has 0 aromatic heterocycles. The highest BCUT2D eigenvalue weighted by Gasteiger charge is 2.38. The van der Waals surface area contributed by atoms with Crippen molar-refractivity contribution in [2.75, 3.05) is 7.05 Å². The van der Waals surface area contributed by atoms with Gasteiger partial charge >= 0.3 is 12.1 Å². The fraction of sp³-hybridized carbons (Fsp3) is 0.700. The van der Waals surface area contributed by atoms with Gasteiger partial charge in [-0.05, 0) is 32.7 Å². The lowest BCUT2D eigenvalue weighted by atomic mass is 9.92. The molecule has 0 amide bonds. The molecule has 16 heavy (non-hydrogen) atoms. The van der Waals surface area contributed by atoms with Crippen molar-refractivity contribution in [1.82, 2.24) is 5.32 Å². The molecule has 0 heterocycles. The molecule has 0 unspecified atom stereocenters. The van der Waals surface area contributed by atoms with Crippen LogP contribution >= 0.6 is 0 Å². The van der Waals surface area contributed by atoms with Crippen LogP contribution in [0.25, 0.3) is 0 Å². The van der Waals surface area contributed by atoms with Gasteiger partial charge in [0.05, 0.1) is 0 Å². The number of carboxylic acids is 1. The van der Waals surface area contributed by atoms with Crippen molar-refractivity contribution in [2.24, 2.45) is 0 Å². The lowest BCUT2D eigenvalue weighted by Crippen LogP contribution is -2.27. The van der Waals surface area contributed by atoms with E-state index in [-0.39, 0.29) is 0 Å². The summed E-state index contributed by atoms with van der Waals surface area (Å²) in [6.45, 7) is 3.96. The van der Waals surface area contributed by atoms with Gasteiger partial charge in [-0.2, -0.15) is 13.2 Å². The summed E-state index contributed by atoms with van der Waals surface area (Å²) < 4.78 is 31.7. The van der Waals surface area contributed by atoms with Crippen molar-refractivity contribution >= 4 is 5.97 Å². The largest absolute Gasteiger partial charge is 0.490 e. The van der Waals surface area contributed by atoms with Gasteiger partial charge in [-0.3, -0.25) is 0 Å². The first kappa shape index (κ1) is 15.0. The van der Waals surface area contributed by atoms with E-state index >= 15 is 0 Å². The molecule has 0 atom stereocenters. The van der Waals surface area contributed by atoms with Gasteiger partial charge in [-0.15, -0.1) is 0 Å². The highest BCUT2D eigenvalue weighted by molar-refractivity contribution is 5.73. The number of carboxylic acid groups (broad SMARTS) is 1. The third-order valence-electron chi connectivity index (χ3n) is 2.34. The first-order chi connectivity index (χ1) is 7.27. The van der Waals surface area contributed by atoms with Crippen LogP contribution in [0.5, 0.6) is 0 Å². The minimum atomic E-state index is -5.08. The molecule has 1 fully saturated rings. The van der Waals surface area contributed by atoms with E-state index in [2.05, 4.69) is 11.9 Å². The second-order valence-electron chi connectivity index (χ2n) is 3.62. The summed E-state index contributed by atoms with van der Waals surface area (Å²) in [5.41, 5.74) is 1.43. The van der Waals surface area contributed by atoms with E-state index in [1.807, 2.05) is 7.05 Å². The number of halogens is 3. The second kappa shape index (κ2) is 6.52. The highest BCUT2D eigenvalue weighted by atomic mass is 19.4. The van der Waals surface area contributed by atoms with E-state index in [1.54, 1.807) is 0 Å². The molecule has 1 aliphatic rings. The summed E-state index contributed by atoms with van der Waals surface area (Å²) in [6.07, 6.45) is -0.0539. The Morgan fingerprint density at radius 2 is 1.81 bits per heavy atom. The Morgan fingerprint density at radius 3 is 2.06 bits per heavy atom. The number of nitrogens with one attached hydrogen (secondary N) is 1. The molecule has 0 saturated heterocycles. The summed E-state index contributed by atoms with van der Waals surface area (Å²) in [5, 5.41) is 10.4. The average molecular weight is 239 g/mol. The molecule has 1 rings (SSSR count). The molecule has 2 N–H and O–H groups in total. The lowest BCUT2D eigenvalue weighted by Gasteiger charge is -2.22. The number of hydrogen-bond donors (Lipinski definition) is 2. The third-order valence-corrected chi connectivity index (χ3v) is 2.34. The highest BCUT2D eigenvalue weighted by Crippen LogP contribution is 2.21. The normalized spacial score (nSPS) is 17.6. The molecule has 3 nitrogen and oxygen atoms in total. The predicted octanol–water partition coefficient (Wildman–Crippen LogP) is 2.34. The number of carbonyl (C=O) groups is 1. The second-order valence-corrected chi connectivity index (χ2v) is 3.62. The van der Waals surface area contributed by atoms with Crippen molar-refractivity contribution in [1.29, 1.82) is 0 Å². The first-order valence-electron chi connectivity index (χ1n) is 4.91. The van der Waals surface area contributed by atoms with E-state index < -0.39 is 12.1 Å². The number of aliphatic carboxylic acids is 1. The zero-order valence-corrected chi connectivity index (χ0v) is 9.10. The molecule has 0 aromatic carbocycles. The van der Waals surface area contributed by atoms with Gasteiger partial charge < -0.3 is 10.4 Å². The maximum Gasteiger partial charge on any atom is 0.490 e. The van der Waals surface area contributed by atoms with Crippen molar-refractivity contribution in [3.8, 4) is 0 Å². The number of allylic oxidation sites excluding steroid dienone is 1. The zero-order chi connectivity index (χ0) is 12.8. The monoisotopic (exact) mass is 239 g/mol. The standard InChI is InChI=1S/C8H15N.C2HF3O2/c1-7-3-5-8(9-2)6-4-7;3-2(4,5)1(6)7/h8-9H,1,3-6H2,2H3;(H,6,7). The van der Waals surface area contributed by atoms with Gasteiger partial charge in [0.15, 0.2) is 0 Å². The van der Waals surface area contributed by atoms with E-state index in [1.165, 1.54) is 31.3 Å². The Bertz CT molecular complexity index is 241. The molecule has 1 aliphatic carbocycles. The Balaban J connectivity index is 0.000000293. The molecule has 94 valence electrons. The van der Waals surface area contributed by atoms with Gasteiger partial charge in [0.2, 0.25) is 0 Å². The molecular formula is C10H16F3NO2. The molecule has 1 saturated carbocycles. The smallest absolute Gasteiger partial charge is 0.475 e. The molecule has 0 spiro atoms. The van der Waals surface area contributed by atoms with Crippen LogP contribution in [-0.4, -0.2) is 30.3 Å². The Hall–Kier alpha value is -1.04. The quantitative estimate of drug-likeness (QED) is 0.690. The lowest BCUT2D eigenvalue weighted by molar-refractivity contribution is -0.192. The van der Waals surface area contributed by atoms with Gasteiger partial charge in [-0.25, -0.2) is 4.79 Å². The molecule has 0 aliphatic heterocycles. The Labute approximate surface area is 92.3 Å². The fourth-order valence-electron chi connectivity index (χ4n) is 1.31. The van der Waals surface area contributed by atoms with Crippen LogP contribution in [0.2, 0.25) is 0 Å². The summed E-state index contributed by atoms with van der Waals surface area (Å²) in [5.74, 6) is -2.76. The summed E-state index contributed by atoms with van der Waals surface area (Å²) >= 11 is 0. The maximum absolute atomic E-state index is 10.6. The van der Waals surface area contributed by atoms with Crippen LogP contribution < -0.4 is 5.32 Å². The number of rotatable bonds is 1. The van der Waals surface area contributed by atoms with Crippen molar-refractivity contribution in [3.05, 3.63) is 12.2 Å². The van der Waals surface area contributed by atoms with Crippen molar-refractivity contribution < 1.29 is 23.1 Å². The average Bonchev–Trinajstić information content (AvgIpc) is 2.18. The Kier molecular flexibility index (Phi) is 6.10. The SMILES string of the molecule is C=C1CCC(NC)CC1.O=C(O)C(F)(F)F. The van der Waals surface area contributed by atoms with E-state index in [0.29, 0.717) is 0 Å². The third kappa shape index (κ3) is 6.44. The summed E-state index contributed by atoms with van der Waals surface area (Å²) in [7, 11) is 2.04. The molecular weight excluding hydrogens is 223 g/mol. The number of alkyl halides is 3. The molecule has 0 radical (unpaired) electrons. The van der Waals surface area contributed by atoms with E-state index in [9.17, 15) is 13.2 Å².